The Morgan fingerprint density at radius 3 is 3.06 bits per heavy atom. The fraction of sp³-hybridized carbons (Fsp3) is 0.750. The SMILES string of the molecule is Cn1c(CCOCC(F)F)nc2c1CCC(N)C2. The lowest BCUT2D eigenvalue weighted by Gasteiger charge is -2.17. The summed E-state index contributed by atoms with van der Waals surface area (Å²) in [6.45, 7) is -0.227. The van der Waals surface area contributed by atoms with Crippen molar-refractivity contribution in [1.29, 1.82) is 0 Å². The molecule has 0 amide bonds. The van der Waals surface area contributed by atoms with Crippen LogP contribution < -0.4 is 5.73 Å². The minimum Gasteiger partial charge on any atom is -0.375 e. The van der Waals surface area contributed by atoms with Crippen molar-refractivity contribution in [1.82, 2.24) is 9.55 Å². The highest BCUT2D eigenvalue weighted by molar-refractivity contribution is 5.21. The number of imidazole rings is 1. The first kappa shape index (κ1) is 13.4. The van der Waals surface area contributed by atoms with Crippen molar-refractivity contribution in [2.45, 2.75) is 38.2 Å². The highest BCUT2D eigenvalue weighted by Gasteiger charge is 2.21. The second-order valence-corrected chi connectivity index (χ2v) is 4.70. The van der Waals surface area contributed by atoms with E-state index in [0.29, 0.717) is 6.42 Å². The maximum atomic E-state index is 11.9. The second kappa shape index (κ2) is 5.75. The summed E-state index contributed by atoms with van der Waals surface area (Å²) in [7, 11) is 1.96. The van der Waals surface area contributed by atoms with E-state index in [1.807, 2.05) is 11.6 Å². The van der Waals surface area contributed by atoms with Crippen molar-refractivity contribution in [2.24, 2.45) is 12.8 Å². The Morgan fingerprint density at radius 2 is 2.33 bits per heavy atom. The van der Waals surface area contributed by atoms with Crippen LogP contribution in [0.15, 0.2) is 0 Å². The summed E-state index contributed by atoms with van der Waals surface area (Å²) in [5, 5.41) is 0. The minimum atomic E-state index is -2.41. The van der Waals surface area contributed by atoms with Crippen molar-refractivity contribution >= 4 is 0 Å². The molecule has 1 unspecified atom stereocenters. The van der Waals surface area contributed by atoms with Crippen LogP contribution in [0, 0.1) is 0 Å². The van der Waals surface area contributed by atoms with Gasteiger partial charge < -0.3 is 15.0 Å². The third kappa shape index (κ3) is 3.05. The number of alkyl halides is 2. The summed E-state index contributed by atoms with van der Waals surface area (Å²) < 4.78 is 30.7. The summed E-state index contributed by atoms with van der Waals surface area (Å²) in [6, 6.07) is 0.190. The van der Waals surface area contributed by atoms with E-state index in [2.05, 4.69) is 4.98 Å². The Labute approximate surface area is 105 Å². The molecule has 2 N–H and O–H groups in total. The number of nitrogens with zero attached hydrogens (tertiary/aromatic N) is 2. The Morgan fingerprint density at radius 1 is 1.56 bits per heavy atom. The molecule has 1 heterocycles. The molecule has 102 valence electrons. The normalized spacial score (nSPS) is 19.3. The van der Waals surface area contributed by atoms with Crippen LogP contribution in [0.3, 0.4) is 0 Å². The standard InChI is InChI=1S/C12H19F2N3O/c1-17-10-3-2-8(15)6-9(10)16-12(17)4-5-18-7-11(13)14/h8,11H,2-7,15H2,1H3. The monoisotopic (exact) mass is 259 g/mol. The van der Waals surface area contributed by atoms with Gasteiger partial charge in [-0.2, -0.15) is 0 Å². The summed E-state index contributed by atoms with van der Waals surface area (Å²) in [5.74, 6) is 0.892. The predicted octanol–water partition coefficient (Wildman–Crippen LogP) is 1.06. The number of nitrogens with two attached hydrogens (primary N) is 1. The van der Waals surface area contributed by atoms with E-state index in [0.717, 1.165) is 30.8 Å². The van der Waals surface area contributed by atoms with E-state index < -0.39 is 13.0 Å². The lowest BCUT2D eigenvalue weighted by atomic mass is 9.97. The summed E-state index contributed by atoms with van der Waals surface area (Å²) in [6.07, 6.45) is 0.885. The molecule has 1 aliphatic carbocycles. The van der Waals surface area contributed by atoms with Gasteiger partial charge in [-0.1, -0.05) is 0 Å². The Kier molecular flexibility index (Phi) is 4.29. The van der Waals surface area contributed by atoms with Crippen LogP contribution in [0.5, 0.6) is 0 Å². The van der Waals surface area contributed by atoms with Crippen molar-refractivity contribution in [3.05, 3.63) is 17.2 Å². The first-order chi connectivity index (χ1) is 8.58. The van der Waals surface area contributed by atoms with Crippen molar-refractivity contribution in [3.63, 3.8) is 0 Å². The molecule has 18 heavy (non-hydrogen) atoms. The van der Waals surface area contributed by atoms with Crippen molar-refractivity contribution in [3.8, 4) is 0 Å². The zero-order chi connectivity index (χ0) is 13.1. The van der Waals surface area contributed by atoms with E-state index in [1.54, 1.807) is 0 Å². The third-order valence-corrected chi connectivity index (χ3v) is 3.31. The first-order valence-electron chi connectivity index (χ1n) is 6.22. The number of hydrogen-bond donors (Lipinski definition) is 1. The molecule has 0 radical (unpaired) electrons. The zero-order valence-corrected chi connectivity index (χ0v) is 10.5. The van der Waals surface area contributed by atoms with Gasteiger partial charge in [0.1, 0.15) is 12.4 Å². The predicted molar refractivity (Wildman–Crippen MR) is 63.7 cm³/mol. The fourth-order valence-electron chi connectivity index (χ4n) is 2.35. The molecule has 0 saturated heterocycles. The van der Waals surface area contributed by atoms with Gasteiger partial charge in [0.15, 0.2) is 0 Å². The molecule has 0 aliphatic heterocycles. The number of hydrogen-bond acceptors (Lipinski definition) is 3. The van der Waals surface area contributed by atoms with Crippen molar-refractivity contribution < 1.29 is 13.5 Å². The van der Waals surface area contributed by atoms with Crippen LogP contribution in [0.25, 0.3) is 0 Å². The van der Waals surface area contributed by atoms with E-state index in [-0.39, 0.29) is 12.6 Å². The number of fused-ring (bicyclic) bond motifs is 1. The maximum Gasteiger partial charge on any atom is 0.261 e. The van der Waals surface area contributed by atoms with Crippen LogP contribution in [0.1, 0.15) is 23.6 Å². The molecule has 1 aliphatic rings. The number of ether oxygens (including phenoxy) is 1. The van der Waals surface area contributed by atoms with Crippen LogP contribution in [-0.4, -0.2) is 35.2 Å². The molecule has 0 aromatic carbocycles. The van der Waals surface area contributed by atoms with Gasteiger partial charge in [-0.25, -0.2) is 13.8 Å². The summed E-state index contributed by atoms with van der Waals surface area (Å²) >= 11 is 0. The molecule has 0 bridgehead atoms. The molecule has 1 aromatic rings. The summed E-state index contributed by atoms with van der Waals surface area (Å²) in [4.78, 5) is 4.53. The van der Waals surface area contributed by atoms with Gasteiger partial charge in [0.25, 0.3) is 6.43 Å². The van der Waals surface area contributed by atoms with E-state index >= 15 is 0 Å². The molecule has 0 saturated carbocycles. The van der Waals surface area contributed by atoms with E-state index in [9.17, 15) is 8.78 Å². The van der Waals surface area contributed by atoms with Gasteiger partial charge in [0, 0.05) is 31.6 Å². The van der Waals surface area contributed by atoms with Gasteiger partial charge in [-0.3, -0.25) is 0 Å². The second-order valence-electron chi connectivity index (χ2n) is 4.70. The molecule has 1 atom stereocenters. The molecule has 2 rings (SSSR count). The smallest absolute Gasteiger partial charge is 0.261 e. The average Bonchev–Trinajstić information content (AvgIpc) is 2.61. The van der Waals surface area contributed by atoms with Gasteiger partial charge in [-0.05, 0) is 12.8 Å². The quantitative estimate of drug-likeness (QED) is 0.804. The molecule has 6 heteroatoms. The lowest BCUT2D eigenvalue weighted by molar-refractivity contribution is 0.0181. The number of aromatic nitrogens is 2. The topological polar surface area (TPSA) is 53.1 Å². The maximum absolute atomic E-state index is 11.9. The molecule has 4 nitrogen and oxygen atoms in total. The van der Waals surface area contributed by atoms with Gasteiger partial charge in [-0.15, -0.1) is 0 Å². The molecule has 0 fully saturated rings. The van der Waals surface area contributed by atoms with Gasteiger partial charge in [0.05, 0.1) is 12.3 Å². The van der Waals surface area contributed by atoms with Crippen molar-refractivity contribution in [2.75, 3.05) is 13.2 Å². The fourth-order valence-corrected chi connectivity index (χ4v) is 2.35. The van der Waals surface area contributed by atoms with E-state index in [1.165, 1.54) is 5.69 Å². The largest absolute Gasteiger partial charge is 0.375 e. The Bertz CT molecular complexity index is 406. The number of rotatable bonds is 5. The van der Waals surface area contributed by atoms with Crippen LogP contribution in [0.4, 0.5) is 8.78 Å². The molecular formula is C12H19F2N3O. The zero-order valence-electron chi connectivity index (χ0n) is 10.5. The van der Waals surface area contributed by atoms with Crippen LogP contribution >= 0.6 is 0 Å². The van der Waals surface area contributed by atoms with Crippen LogP contribution in [0.2, 0.25) is 0 Å². The highest BCUT2D eigenvalue weighted by Crippen LogP contribution is 2.21. The van der Waals surface area contributed by atoms with Crippen LogP contribution in [-0.2, 0) is 31.0 Å². The van der Waals surface area contributed by atoms with E-state index in [4.69, 9.17) is 10.5 Å². The molecule has 0 spiro atoms. The molecule has 1 aromatic heterocycles. The Hall–Kier alpha value is -1.01. The average molecular weight is 259 g/mol. The summed E-state index contributed by atoms with van der Waals surface area (Å²) in [5.41, 5.74) is 8.18. The third-order valence-electron chi connectivity index (χ3n) is 3.31. The minimum absolute atomic E-state index is 0.190. The lowest BCUT2D eigenvalue weighted by Crippen LogP contribution is -2.28. The highest BCUT2D eigenvalue weighted by atomic mass is 19.3. The first-order valence-corrected chi connectivity index (χ1v) is 6.22. The van der Waals surface area contributed by atoms with Gasteiger partial charge in [0.2, 0.25) is 0 Å². The Balaban J connectivity index is 1.93. The van der Waals surface area contributed by atoms with Gasteiger partial charge >= 0.3 is 0 Å². The molecular weight excluding hydrogens is 240 g/mol. The number of halogens is 2.